The third-order valence-electron chi connectivity index (χ3n) is 7.93. The number of hydrogen-bond acceptors (Lipinski definition) is 12. The summed E-state index contributed by atoms with van der Waals surface area (Å²) in [6, 6.07) is 5.51. The Labute approximate surface area is 431 Å². The zero-order valence-electron chi connectivity index (χ0n) is 38.2. The van der Waals surface area contributed by atoms with Gasteiger partial charge in [0.25, 0.3) is 11.8 Å². The largest absolute Gasteiger partial charge is 1.00 e. The summed E-state index contributed by atoms with van der Waals surface area (Å²) >= 11 is 1.75. The van der Waals surface area contributed by atoms with Gasteiger partial charge in [-0.2, -0.15) is 11.8 Å². The van der Waals surface area contributed by atoms with Gasteiger partial charge in [-0.1, -0.05) is 53.2 Å². The van der Waals surface area contributed by atoms with Crippen molar-refractivity contribution in [2.75, 3.05) is 70.4 Å². The van der Waals surface area contributed by atoms with Crippen LogP contribution in [0.5, 0.6) is 0 Å². The first-order valence-corrected chi connectivity index (χ1v) is 21.7. The maximum Gasteiger partial charge on any atom is 1.00 e. The molecule has 62 heavy (non-hydrogen) atoms. The maximum absolute atomic E-state index is 12.7. The van der Waals surface area contributed by atoms with Gasteiger partial charge in [0, 0.05) is 50.3 Å². The molecule has 2 rings (SSSR count). The van der Waals surface area contributed by atoms with Crippen LogP contribution in [0.3, 0.4) is 0 Å². The summed E-state index contributed by atoms with van der Waals surface area (Å²) in [5.41, 5.74) is 6.01. The predicted molar refractivity (Wildman–Crippen MR) is 237 cm³/mol. The minimum Gasteiger partial charge on any atom is -0.461 e. The average molecular weight is 1010 g/mol. The van der Waals surface area contributed by atoms with Crippen LogP contribution in [0, 0.1) is 19.3 Å². The molecule has 1 heterocycles. The number of nitrogens with zero attached hydrogens (tertiary/aromatic N) is 1. The monoisotopic (exact) mass is 1010 g/mol. The summed E-state index contributed by atoms with van der Waals surface area (Å²) in [7, 11) is 0. The van der Waals surface area contributed by atoms with Crippen LogP contribution >= 0.6 is 11.8 Å². The van der Waals surface area contributed by atoms with E-state index < -0.39 is 23.9 Å². The summed E-state index contributed by atoms with van der Waals surface area (Å²) in [6.45, 7) is 11.2. The Balaban J connectivity index is -0.00000259. The molecule has 1 unspecified atom stereocenters. The number of nitrogens with one attached hydrogen (secondary N) is 5. The summed E-state index contributed by atoms with van der Waals surface area (Å²) in [5, 5.41) is 13.1. The van der Waals surface area contributed by atoms with E-state index in [1.807, 2.05) is 19.4 Å². The molecule has 7 N–H and O–H groups in total. The SMILES string of the molecule is CC(C)C(=O)OCc1ccc(NC(=O)CNC(=O)C(NC(=O)CCOCCOCCNC(=O)CCCCCN2C(=O)C=CC2=O)C(C)C)cc1.CCCNC(N)=O.CSC.[CH3-].[Cs+]. The molecule has 8 amide bonds. The van der Waals surface area contributed by atoms with Crippen LogP contribution in [0.1, 0.15) is 78.7 Å². The van der Waals surface area contributed by atoms with Crippen molar-refractivity contribution in [2.45, 2.75) is 85.8 Å². The number of carbonyl (C=O) groups is 8. The molecule has 1 aliphatic rings. The Bertz CT molecular complexity index is 1500. The van der Waals surface area contributed by atoms with Gasteiger partial charge in [-0.15, -0.1) is 0 Å². The Morgan fingerprint density at radius 1 is 0.758 bits per heavy atom. The predicted octanol–water partition coefficient (Wildman–Crippen LogP) is 0.104. The summed E-state index contributed by atoms with van der Waals surface area (Å²) in [5.74, 6) is -2.75. The van der Waals surface area contributed by atoms with Gasteiger partial charge in [-0.3, -0.25) is 38.5 Å². The van der Waals surface area contributed by atoms with Crippen LogP contribution in [-0.4, -0.2) is 124 Å². The van der Waals surface area contributed by atoms with E-state index >= 15 is 0 Å². The van der Waals surface area contributed by atoms with Gasteiger partial charge < -0.3 is 54.0 Å². The molecule has 0 saturated carbocycles. The number of imide groups is 1. The molecule has 346 valence electrons. The second-order valence-corrected chi connectivity index (χ2v) is 14.8. The van der Waals surface area contributed by atoms with Crippen LogP contribution in [0.15, 0.2) is 36.4 Å². The molecule has 0 aliphatic carbocycles. The number of unbranched alkanes of at least 4 members (excludes halogenated alkanes) is 2. The van der Waals surface area contributed by atoms with Crippen LogP contribution < -0.4 is 101 Å². The van der Waals surface area contributed by atoms with E-state index in [2.05, 4.69) is 26.6 Å². The Hall–Kier alpha value is -2.96. The van der Waals surface area contributed by atoms with Crippen molar-refractivity contribution in [2.24, 2.45) is 17.6 Å². The standard InChI is InChI=1S/C35H51N5O10.C4H10N2O.C2H6S.CH3.Cs/c1-24(2)33(34(46)37-22-30(43)38-27-11-9-26(10-12-27)23-50-35(47)25(3)4)39-29(42)15-18-48-20-21-49-19-16-36-28(41)8-6-5-7-17-40-31(44)13-14-32(40)45;1-2-3-6-4(5)7;1-3-2;;/h9-14,24-25,33H,5-8,15-23H2,1-4H3,(H,36,41)(H,37,46)(H,38,43)(H,39,42);2-3H2,1H3,(H3,5,6,7);1-2H3;1H3;/q;;;-1;+1. The normalized spacial score (nSPS) is 11.7. The smallest absolute Gasteiger partial charge is 0.461 e. The number of rotatable bonds is 26. The number of hydrogen-bond donors (Lipinski definition) is 6. The molecular formula is C42H70CsN7O11S. The number of ether oxygens (including phenoxy) is 3. The van der Waals surface area contributed by atoms with E-state index in [1.165, 1.54) is 17.1 Å². The second kappa shape index (κ2) is 39.6. The molecule has 1 aromatic carbocycles. The number of carbonyl (C=O) groups excluding carboxylic acids is 8. The van der Waals surface area contributed by atoms with Crippen LogP contribution in [0.2, 0.25) is 0 Å². The van der Waals surface area contributed by atoms with E-state index in [9.17, 15) is 38.4 Å². The van der Waals surface area contributed by atoms with Gasteiger partial charge in [0.1, 0.15) is 12.6 Å². The van der Waals surface area contributed by atoms with Crippen molar-refractivity contribution in [3.05, 3.63) is 49.4 Å². The second-order valence-electron chi connectivity index (χ2n) is 14.0. The van der Waals surface area contributed by atoms with E-state index in [0.717, 1.165) is 18.4 Å². The van der Waals surface area contributed by atoms with Crippen molar-refractivity contribution in [1.82, 2.24) is 26.2 Å². The topological polar surface area (TPSA) is 254 Å². The van der Waals surface area contributed by atoms with E-state index in [-0.39, 0.29) is 157 Å². The third-order valence-corrected chi connectivity index (χ3v) is 7.93. The van der Waals surface area contributed by atoms with Crippen molar-refractivity contribution < 1.29 is 121 Å². The molecule has 0 saturated heterocycles. The first kappa shape index (κ1) is 63.3. The fourth-order valence-corrected chi connectivity index (χ4v) is 4.74. The van der Waals surface area contributed by atoms with Gasteiger partial charge in [-0.25, -0.2) is 4.79 Å². The quantitative estimate of drug-likeness (QED) is 0.0313. The van der Waals surface area contributed by atoms with Crippen molar-refractivity contribution >= 4 is 64.9 Å². The van der Waals surface area contributed by atoms with E-state index in [1.54, 1.807) is 63.7 Å². The number of primary amides is 1. The molecule has 20 heteroatoms. The zero-order valence-corrected chi connectivity index (χ0v) is 45.3. The minimum atomic E-state index is -0.842. The van der Waals surface area contributed by atoms with Gasteiger partial charge in [0.15, 0.2) is 0 Å². The molecule has 0 aromatic heterocycles. The minimum absolute atomic E-state index is 0. The Morgan fingerprint density at radius 2 is 1.35 bits per heavy atom. The van der Waals surface area contributed by atoms with E-state index in [4.69, 9.17) is 19.9 Å². The molecule has 0 fully saturated rings. The molecular weight excluding hydrogens is 943 g/mol. The first-order chi connectivity index (χ1) is 28.6. The molecule has 18 nitrogen and oxygen atoms in total. The number of nitrogens with two attached hydrogens (primary N) is 1. The number of benzene rings is 1. The number of thioether (sulfide) groups is 1. The molecule has 1 aromatic rings. The maximum atomic E-state index is 12.7. The molecule has 1 aliphatic heterocycles. The van der Waals surface area contributed by atoms with Gasteiger partial charge >= 0.3 is 80.9 Å². The first-order valence-electron chi connectivity index (χ1n) is 20.1. The van der Waals surface area contributed by atoms with Gasteiger partial charge in [0.2, 0.25) is 23.6 Å². The van der Waals surface area contributed by atoms with Gasteiger partial charge in [0.05, 0.1) is 38.9 Å². The summed E-state index contributed by atoms with van der Waals surface area (Å²) in [4.78, 5) is 95.2. The third kappa shape index (κ3) is 32.7. The number of anilines is 1. The number of urea groups is 1. The van der Waals surface area contributed by atoms with Crippen LogP contribution in [0.25, 0.3) is 0 Å². The average Bonchev–Trinajstić information content (AvgIpc) is 3.52. The van der Waals surface area contributed by atoms with Crippen LogP contribution in [0.4, 0.5) is 10.5 Å². The fraction of sp³-hybridized carbons (Fsp3) is 0.595. The molecule has 1 atom stereocenters. The molecule has 0 bridgehead atoms. The summed E-state index contributed by atoms with van der Waals surface area (Å²) in [6.07, 6.45) is 9.92. The van der Waals surface area contributed by atoms with Crippen molar-refractivity contribution in [3.8, 4) is 0 Å². The van der Waals surface area contributed by atoms with Crippen molar-refractivity contribution in [3.63, 3.8) is 0 Å². The summed E-state index contributed by atoms with van der Waals surface area (Å²) < 4.78 is 16.1. The Kier molecular flexibility index (Phi) is 40.5. The molecule has 0 spiro atoms. The van der Waals surface area contributed by atoms with Crippen molar-refractivity contribution in [1.29, 1.82) is 0 Å². The Morgan fingerprint density at radius 3 is 1.89 bits per heavy atom. The molecule has 0 radical (unpaired) electrons. The van der Waals surface area contributed by atoms with Crippen LogP contribution in [-0.2, 0) is 54.4 Å². The number of esters is 1. The number of amides is 8. The zero-order chi connectivity index (χ0) is 45.3. The van der Waals surface area contributed by atoms with E-state index in [0.29, 0.717) is 51.2 Å². The fourth-order valence-electron chi connectivity index (χ4n) is 4.74. The van der Waals surface area contributed by atoms with Gasteiger partial charge in [-0.05, 0) is 55.4 Å².